The Bertz CT molecular complexity index is 345. The lowest BCUT2D eigenvalue weighted by Gasteiger charge is -2.13. The van der Waals surface area contributed by atoms with Gasteiger partial charge in [-0.25, -0.2) is 4.98 Å². The van der Waals surface area contributed by atoms with Crippen LogP contribution < -0.4 is 5.32 Å². The highest BCUT2D eigenvalue weighted by atomic mass is 32.1. The minimum atomic E-state index is 0.599. The number of aromatic nitrogens is 1. The Morgan fingerprint density at radius 1 is 1.47 bits per heavy atom. The first-order valence-electron chi connectivity index (χ1n) is 5.74. The van der Waals surface area contributed by atoms with Crippen LogP contribution in [0.25, 0.3) is 6.08 Å². The summed E-state index contributed by atoms with van der Waals surface area (Å²) in [6.45, 7) is 1.22. The van der Waals surface area contributed by atoms with E-state index in [0.717, 1.165) is 16.8 Å². The maximum atomic E-state index is 4.27. The van der Waals surface area contributed by atoms with E-state index in [1.165, 1.54) is 25.8 Å². The number of thiazole rings is 1. The van der Waals surface area contributed by atoms with Crippen LogP contribution in [0.15, 0.2) is 17.7 Å². The molecular weight excluding hydrogens is 204 g/mol. The smallest absolute Gasteiger partial charge is 0.115 e. The number of hydrogen-bond acceptors (Lipinski definition) is 3. The summed E-state index contributed by atoms with van der Waals surface area (Å²) < 4.78 is 0. The first-order chi connectivity index (χ1) is 7.43. The fourth-order valence-corrected chi connectivity index (χ4v) is 3.48. The topological polar surface area (TPSA) is 24.9 Å². The van der Waals surface area contributed by atoms with Crippen LogP contribution in [0.4, 0.5) is 0 Å². The molecule has 1 aromatic heterocycles. The fraction of sp³-hybridized carbons (Fsp3) is 0.583. The summed E-state index contributed by atoms with van der Waals surface area (Å²) in [5.41, 5.74) is 0. The van der Waals surface area contributed by atoms with Crippen LogP contribution >= 0.6 is 11.3 Å². The monoisotopic (exact) mass is 220 g/mol. The van der Waals surface area contributed by atoms with E-state index in [1.807, 2.05) is 11.6 Å². The fourth-order valence-electron chi connectivity index (χ4n) is 2.94. The average Bonchev–Trinajstić information content (AvgIpc) is 2.93. The summed E-state index contributed by atoms with van der Waals surface area (Å²) in [7, 11) is 0. The summed E-state index contributed by atoms with van der Waals surface area (Å²) in [4.78, 5) is 4.27. The second kappa shape index (κ2) is 4.06. The van der Waals surface area contributed by atoms with Gasteiger partial charge in [-0.05, 0) is 37.3 Å². The van der Waals surface area contributed by atoms with E-state index in [-0.39, 0.29) is 0 Å². The quantitative estimate of drug-likeness (QED) is 0.828. The van der Waals surface area contributed by atoms with Crippen molar-refractivity contribution < 1.29 is 0 Å². The van der Waals surface area contributed by atoms with E-state index in [0.29, 0.717) is 6.04 Å². The zero-order chi connectivity index (χ0) is 10.1. The minimum absolute atomic E-state index is 0.599. The Hall–Kier alpha value is -0.670. The summed E-state index contributed by atoms with van der Waals surface area (Å²) in [5, 5.41) is 6.76. The summed E-state index contributed by atoms with van der Waals surface area (Å²) in [6, 6.07) is 0.599. The third-order valence-corrected chi connectivity index (χ3v) is 4.43. The SMILES string of the molecule is C(=C\C1NCC2CCCC21)/c1nccs1. The van der Waals surface area contributed by atoms with Gasteiger partial charge in [0.15, 0.2) is 0 Å². The number of rotatable bonds is 2. The molecule has 1 aromatic rings. The summed E-state index contributed by atoms with van der Waals surface area (Å²) in [5.74, 6) is 1.83. The van der Waals surface area contributed by atoms with Crippen LogP contribution in [0.5, 0.6) is 0 Å². The van der Waals surface area contributed by atoms with Gasteiger partial charge in [0, 0.05) is 17.6 Å². The average molecular weight is 220 g/mol. The molecule has 1 saturated carbocycles. The lowest BCUT2D eigenvalue weighted by molar-refractivity contribution is 0.456. The normalized spacial score (nSPS) is 35.1. The van der Waals surface area contributed by atoms with Gasteiger partial charge in [0.2, 0.25) is 0 Å². The van der Waals surface area contributed by atoms with Gasteiger partial charge in [0.1, 0.15) is 5.01 Å². The van der Waals surface area contributed by atoms with E-state index in [9.17, 15) is 0 Å². The van der Waals surface area contributed by atoms with Gasteiger partial charge in [-0.15, -0.1) is 11.3 Å². The molecule has 0 radical (unpaired) electrons. The molecule has 0 bridgehead atoms. The molecular formula is C12H16N2S. The predicted octanol–water partition coefficient (Wildman–Crippen LogP) is 2.54. The summed E-state index contributed by atoms with van der Waals surface area (Å²) in [6.07, 6.45) is 10.6. The van der Waals surface area contributed by atoms with Gasteiger partial charge in [-0.3, -0.25) is 0 Å². The first kappa shape index (κ1) is 9.55. The molecule has 1 saturated heterocycles. The van der Waals surface area contributed by atoms with Crippen LogP contribution in [-0.2, 0) is 0 Å². The highest BCUT2D eigenvalue weighted by Crippen LogP contribution is 2.38. The van der Waals surface area contributed by atoms with Gasteiger partial charge in [0.05, 0.1) is 0 Å². The van der Waals surface area contributed by atoms with Crippen molar-refractivity contribution in [3.63, 3.8) is 0 Å². The molecule has 15 heavy (non-hydrogen) atoms. The molecule has 3 heteroatoms. The van der Waals surface area contributed by atoms with Crippen molar-refractivity contribution >= 4 is 17.4 Å². The second-order valence-electron chi connectivity index (χ2n) is 4.52. The summed E-state index contributed by atoms with van der Waals surface area (Å²) >= 11 is 1.71. The van der Waals surface area contributed by atoms with Crippen LogP contribution in [0, 0.1) is 11.8 Å². The van der Waals surface area contributed by atoms with Gasteiger partial charge >= 0.3 is 0 Å². The van der Waals surface area contributed by atoms with Crippen molar-refractivity contribution in [2.24, 2.45) is 11.8 Å². The number of hydrogen-bond donors (Lipinski definition) is 1. The van der Waals surface area contributed by atoms with E-state index >= 15 is 0 Å². The van der Waals surface area contributed by atoms with Gasteiger partial charge in [0.25, 0.3) is 0 Å². The molecule has 3 atom stereocenters. The largest absolute Gasteiger partial charge is 0.310 e. The Morgan fingerprint density at radius 2 is 2.47 bits per heavy atom. The Labute approximate surface area is 94.4 Å². The van der Waals surface area contributed by atoms with Crippen molar-refractivity contribution in [1.82, 2.24) is 10.3 Å². The molecule has 3 rings (SSSR count). The van der Waals surface area contributed by atoms with Crippen molar-refractivity contribution in [3.05, 3.63) is 22.7 Å². The molecule has 0 aromatic carbocycles. The molecule has 0 amide bonds. The van der Waals surface area contributed by atoms with Crippen LogP contribution in [0.3, 0.4) is 0 Å². The molecule has 2 nitrogen and oxygen atoms in total. The Morgan fingerprint density at radius 3 is 3.33 bits per heavy atom. The zero-order valence-corrected chi connectivity index (χ0v) is 9.54. The maximum absolute atomic E-state index is 4.27. The molecule has 2 fully saturated rings. The Kier molecular flexibility index (Phi) is 2.59. The molecule has 1 aliphatic carbocycles. The van der Waals surface area contributed by atoms with Crippen molar-refractivity contribution in [3.8, 4) is 0 Å². The van der Waals surface area contributed by atoms with E-state index in [1.54, 1.807) is 11.3 Å². The zero-order valence-electron chi connectivity index (χ0n) is 8.73. The molecule has 2 heterocycles. The highest BCUT2D eigenvalue weighted by molar-refractivity contribution is 7.10. The van der Waals surface area contributed by atoms with Crippen LogP contribution in [0.2, 0.25) is 0 Å². The van der Waals surface area contributed by atoms with Gasteiger partial charge in [-0.2, -0.15) is 0 Å². The molecule has 1 aliphatic heterocycles. The van der Waals surface area contributed by atoms with Crippen molar-refractivity contribution in [1.29, 1.82) is 0 Å². The molecule has 3 unspecified atom stereocenters. The first-order valence-corrected chi connectivity index (χ1v) is 6.62. The highest BCUT2D eigenvalue weighted by Gasteiger charge is 2.37. The maximum Gasteiger partial charge on any atom is 0.115 e. The lowest BCUT2D eigenvalue weighted by atomic mass is 9.94. The van der Waals surface area contributed by atoms with E-state index < -0.39 is 0 Å². The lowest BCUT2D eigenvalue weighted by Crippen LogP contribution is -2.23. The molecule has 1 N–H and O–H groups in total. The van der Waals surface area contributed by atoms with Crippen LogP contribution in [-0.4, -0.2) is 17.6 Å². The van der Waals surface area contributed by atoms with Gasteiger partial charge < -0.3 is 5.32 Å². The molecule has 2 aliphatic rings. The third kappa shape index (κ3) is 1.86. The third-order valence-electron chi connectivity index (χ3n) is 3.69. The number of nitrogens with one attached hydrogen (secondary N) is 1. The van der Waals surface area contributed by atoms with E-state index in [2.05, 4.69) is 22.5 Å². The van der Waals surface area contributed by atoms with Gasteiger partial charge in [-0.1, -0.05) is 12.5 Å². The number of fused-ring (bicyclic) bond motifs is 1. The van der Waals surface area contributed by atoms with Crippen molar-refractivity contribution in [2.75, 3.05) is 6.54 Å². The predicted molar refractivity (Wildman–Crippen MR) is 63.8 cm³/mol. The Balaban J connectivity index is 1.68. The van der Waals surface area contributed by atoms with E-state index in [4.69, 9.17) is 0 Å². The minimum Gasteiger partial charge on any atom is -0.310 e. The standard InChI is InChI=1S/C12H16N2S/c1-2-9-8-14-11(10(9)3-1)4-5-12-13-6-7-15-12/h4-7,9-11,14H,1-3,8H2/b5-4+. The van der Waals surface area contributed by atoms with Crippen LogP contribution in [0.1, 0.15) is 24.3 Å². The second-order valence-corrected chi connectivity index (χ2v) is 5.44. The molecule has 80 valence electrons. The molecule has 0 spiro atoms. The number of nitrogens with zero attached hydrogens (tertiary/aromatic N) is 1. The van der Waals surface area contributed by atoms with Crippen molar-refractivity contribution in [2.45, 2.75) is 25.3 Å².